The van der Waals surface area contributed by atoms with E-state index in [1.807, 2.05) is 6.08 Å². The summed E-state index contributed by atoms with van der Waals surface area (Å²) in [7, 11) is 0. The van der Waals surface area contributed by atoms with Crippen molar-refractivity contribution in [3.05, 3.63) is 35.4 Å². The Morgan fingerprint density at radius 3 is 2.86 bits per heavy atom. The molecule has 3 N–H and O–H groups in total. The van der Waals surface area contributed by atoms with Crippen LogP contribution in [0.4, 0.5) is 0 Å². The Morgan fingerprint density at radius 1 is 1.57 bits per heavy atom. The molecule has 0 fully saturated rings. The van der Waals surface area contributed by atoms with Gasteiger partial charge in [0.05, 0.1) is 5.56 Å². The van der Waals surface area contributed by atoms with Crippen molar-refractivity contribution in [3.63, 3.8) is 0 Å². The van der Waals surface area contributed by atoms with Crippen LogP contribution >= 0.6 is 0 Å². The van der Waals surface area contributed by atoms with Gasteiger partial charge in [0.1, 0.15) is 5.75 Å². The topological polar surface area (TPSA) is 63.3 Å². The van der Waals surface area contributed by atoms with Gasteiger partial charge in [0, 0.05) is 6.54 Å². The fourth-order valence-corrected chi connectivity index (χ4v) is 1.14. The van der Waals surface area contributed by atoms with E-state index < -0.39 is 0 Å². The first kappa shape index (κ1) is 10.5. The number of hydrogen-bond acceptors (Lipinski definition) is 3. The predicted molar refractivity (Wildman–Crippen MR) is 56.2 cm³/mol. The highest BCUT2D eigenvalue weighted by molar-refractivity contribution is 5.97. The molecule has 0 unspecified atom stereocenters. The number of benzene rings is 1. The Hall–Kier alpha value is -1.61. The standard InChI is InChI=1S/C11H13NO2/c1-8(13)10-7-9(3-2-6-12)4-5-11(10)14/h2-5,7,14H,6,12H2,1H3. The largest absolute Gasteiger partial charge is 0.507 e. The molecule has 0 bridgehead atoms. The third-order valence-corrected chi connectivity index (χ3v) is 1.85. The van der Waals surface area contributed by atoms with Gasteiger partial charge >= 0.3 is 0 Å². The van der Waals surface area contributed by atoms with E-state index in [4.69, 9.17) is 5.73 Å². The number of nitrogens with two attached hydrogens (primary N) is 1. The summed E-state index contributed by atoms with van der Waals surface area (Å²) in [6.07, 6.45) is 3.60. The zero-order valence-electron chi connectivity index (χ0n) is 8.03. The fourth-order valence-electron chi connectivity index (χ4n) is 1.14. The third-order valence-electron chi connectivity index (χ3n) is 1.85. The number of aromatic hydroxyl groups is 1. The van der Waals surface area contributed by atoms with Crippen LogP contribution in [-0.2, 0) is 0 Å². The van der Waals surface area contributed by atoms with Gasteiger partial charge < -0.3 is 10.8 Å². The van der Waals surface area contributed by atoms with Crippen LogP contribution in [0.1, 0.15) is 22.8 Å². The van der Waals surface area contributed by atoms with Crippen LogP contribution in [0.15, 0.2) is 24.3 Å². The van der Waals surface area contributed by atoms with Crippen LogP contribution in [0.2, 0.25) is 0 Å². The van der Waals surface area contributed by atoms with Gasteiger partial charge in [-0.15, -0.1) is 0 Å². The van der Waals surface area contributed by atoms with Crippen molar-refractivity contribution in [1.29, 1.82) is 0 Å². The maximum absolute atomic E-state index is 11.1. The molecule has 0 aliphatic heterocycles. The zero-order valence-corrected chi connectivity index (χ0v) is 8.03. The summed E-state index contributed by atoms with van der Waals surface area (Å²) in [4.78, 5) is 11.1. The van der Waals surface area contributed by atoms with Crippen LogP contribution in [0.25, 0.3) is 6.08 Å². The molecule has 1 aromatic carbocycles. The van der Waals surface area contributed by atoms with Crippen LogP contribution in [-0.4, -0.2) is 17.4 Å². The monoisotopic (exact) mass is 191 g/mol. The number of hydrogen-bond donors (Lipinski definition) is 2. The van der Waals surface area contributed by atoms with Gasteiger partial charge in [-0.05, 0) is 24.6 Å². The van der Waals surface area contributed by atoms with Gasteiger partial charge in [-0.3, -0.25) is 4.79 Å². The number of Topliss-reactive ketones (excluding diaryl/α,β-unsaturated/α-hetero) is 1. The highest BCUT2D eigenvalue weighted by atomic mass is 16.3. The van der Waals surface area contributed by atoms with Crippen molar-refractivity contribution in [1.82, 2.24) is 0 Å². The second-order valence-electron chi connectivity index (χ2n) is 2.97. The van der Waals surface area contributed by atoms with Gasteiger partial charge in [-0.2, -0.15) is 0 Å². The number of phenolic OH excluding ortho intramolecular Hbond substituents is 1. The maximum Gasteiger partial charge on any atom is 0.163 e. The van der Waals surface area contributed by atoms with Gasteiger partial charge in [0.2, 0.25) is 0 Å². The average Bonchev–Trinajstić information content (AvgIpc) is 2.16. The van der Waals surface area contributed by atoms with Crippen molar-refractivity contribution in [2.45, 2.75) is 6.92 Å². The lowest BCUT2D eigenvalue weighted by Gasteiger charge is -2.01. The van der Waals surface area contributed by atoms with Crippen molar-refractivity contribution < 1.29 is 9.90 Å². The van der Waals surface area contributed by atoms with Gasteiger partial charge in [-0.1, -0.05) is 18.2 Å². The smallest absolute Gasteiger partial charge is 0.163 e. The Balaban J connectivity index is 3.06. The van der Waals surface area contributed by atoms with Crippen molar-refractivity contribution in [2.75, 3.05) is 6.54 Å². The lowest BCUT2D eigenvalue weighted by Crippen LogP contribution is -1.94. The molecule has 0 aromatic heterocycles. The Labute approximate surface area is 82.9 Å². The molecule has 1 rings (SSSR count). The third kappa shape index (κ3) is 2.44. The molecule has 1 aromatic rings. The average molecular weight is 191 g/mol. The molecule has 0 heterocycles. The zero-order chi connectivity index (χ0) is 10.6. The molecule has 0 saturated heterocycles. The van der Waals surface area contributed by atoms with Crippen LogP contribution in [0.5, 0.6) is 5.75 Å². The highest BCUT2D eigenvalue weighted by Gasteiger charge is 2.05. The summed E-state index contributed by atoms with van der Waals surface area (Å²) < 4.78 is 0. The molecule has 0 aliphatic rings. The Kier molecular flexibility index (Phi) is 3.42. The molecule has 0 spiro atoms. The summed E-state index contributed by atoms with van der Waals surface area (Å²) in [5, 5.41) is 9.36. The molecule has 0 amide bonds. The van der Waals surface area contributed by atoms with Crippen LogP contribution in [0, 0.1) is 0 Å². The van der Waals surface area contributed by atoms with Gasteiger partial charge in [0.25, 0.3) is 0 Å². The quantitative estimate of drug-likeness (QED) is 0.713. The molecule has 0 atom stereocenters. The summed E-state index contributed by atoms with van der Waals surface area (Å²) in [5.74, 6) is -0.132. The predicted octanol–water partition coefficient (Wildman–Crippen LogP) is 1.57. The van der Waals surface area contributed by atoms with E-state index in [2.05, 4.69) is 0 Å². The van der Waals surface area contributed by atoms with E-state index in [-0.39, 0.29) is 11.5 Å². The molecule has 14 heavy (non-hydrogen) atoms. The van der Waals surface area contributed by atoms with E-state index in [1.165, 1.54) is 13.0 Å². The molecule has 0 radical (unpaired) electrons. The Morgan fingerprint density at radius 2 is 2.29 bits per heavy atom. The Bertz CT molecular complexity index is 370. The molecule has 3 nitrogen and oxygen atoms in total. The first-order valence-corrected chi connectivity index (χ1v) is 4.35. The van der Waals surface area contributed by atoms with Crippen molar-refractivity contribution in [3.8, 4) is 5.75 Å². The van der Waals surface area contributed by atoms with Crippen LogP contribution < -0.4 is 5.73 Å². The first-order valence-electron chi connectivity index (χ1n) is 4.35. The number of phenols is 1. The van der Waals surface area contributed by atoms with Crippen molar-refractivity contribution in [2.24, 2.45) is 5.73 Å². The summed E-state index contributed by atoms with van der Waals surface area (Å²) in [5.41, 5.74) is 6.50. The van der Waals surface area contributed by atoms with E-state index in [0.717, 1.165) is 5.56 Å². The highest BCUT2D eigenvalue weighted by Crippen LogP contribution is 2.19. The fraction of sp³-hybridized carbons (Fsp3) is 0.182. The minimum atomic E-state index is -0.148. The second kappa shape index (κ2) is 4.58. The minimum Gasteiger partial charge on any atom is -0.507 e. The second-order valence-corrected chi connectivity index (χ2v) is 2.97. The van der Waals surface area contributed by atoms with Crippen LogP contribution in [0.3, 0.4) is 0 Å². The minimum absolute atomic E-state index is 0.0161. The summed E-state index contributed by atoms with van der Waals surface area (Å²) >= 11 is 0. The summed E-state index contributed by atoms with van der Waals surface area (Å²) in [6, 6.07) is 4.88. The molecular formula is C11H13NO2. The molecule has 0 aliphatic carbocycles. The normalized spacial score (nSPS) is 10.7. The SMILES string of the molecule is CC(=O)c1cc(C=CCN)ccc1O. The van der Waals surface area contributed by atoms with E-state index in [1.54, 1.807) is 18.2 Å². The number of carbonyl (C=O) groups excluding carboxylic acids is 1. The van der Waals surface area contributed by atoms with E-state index >= 15 is 0 Å². The van der Waals surface area contributed by atoms with E-state index in [9.17, 15) is 9.90 Å². The van der Waals surface area contributed by atoms with E-state index in [0.29, 0.717) is 12.1 Å². The number of carbonyl (C=O) groups is 1. The summed E-state index contributed by atoms with van der Waals surface area (Å²) in [6.45, 7) is 1.88. The lowest BCUT2D eigenvalue weighted by atomic mass is 10.1. The van der Waals surface area contributed by atoms with Crippen molar-refractivity contribution >= 4 is 11.9 Å². The molecular weight excluding hydrogens is 178 g/mol. The van der Waals surface area contributed by atoms with Gasteiger partial charge in [0.15, 0.2) is 5.78 Å². The number of rotatable bonds is 3. The number of ketones is 1. The molecule has 0 saturated carbocycles. The molecule has 3 heteroatoms. The maximum atomic E-state index is 11.1. The first-order chi connectivity index (χ1) is 6.65. The molecule has 74 valence electrons. The lowest BCUT2D eigenvalue weighted by molar-refractivity contribution is 0.101. The van der Waals surface area contributed by atoms with Gasteiger partial charge in [-0.25, -0.2) is 0 Å².